The van der Waals surface area contributed by atoms with Crippen molar-refractivity contribution in [2.75, 3.05) is 17.4 Å². The zero-order valence-corrected chi connectivity index (χ0v) is 14.9. The highest BCUT2D eigenvalue weighted by molar-refractivity contribution is 6.05. The molecule has 4 N–H and O–H groups in total. The number of rotatable bonds is 4. The molecule has 27 heavy (non-hydrogen) atoms. The van der Waals surface area contributed by atoms with Gasteiger partial charge in [-0.3, -0.25) is 9.59 Å². The van der Waals surface area contributed by atoms with Crippen LogP contribution in [0.3, 0.4) is 0 Å². The van der Waals surface area contributed by atoms with E-state index in [1.54, 1.807) is 37.4 Å². The number of carbonyl (C=O) groups excluding carboxylic acids is 2. The molecule has 1 aliphatic rings. The first-order valence-corrected chi connectivity index (χ1v) is 8.39. The van der Waals surface area contributed by atoms with Gasteiger partial charge in [-0.25, -0.2) is 9.40 Å². The summed E-state index contributed by atoms with van der Waals surface area (Å²) >= 11 is 0. The van der Waals surface area contributed by atoms with Crippen molar-refractivity contribution in [2.45, 2.75) is 13.1 Å². The van der Waals surface area contributed by atoms with Crippen LogP contribution in [0.15, 0.2) is 47.6 Å². The van der Waals surface area contributed by atoms with Crippen LogP contribution in [-0.2, 0) is 4.79 Å². The van der Waals surface area contributed by atoms with Crippen LogP contribution >= 0.6 is 0 Å². The molecule has 140 valence electrons. The number of hydrogen-bond donors (Lipinski definition) is 3. The number of hydrazone groups is 1. The molecule has 0 saturated carbocycles. The Balaban J connectivity index is 1.75. The Morgan fingerprint density at radius 3 is 2.56 bits per heavy atom. The average molecular weight is 369 g/mol. The Hall–Kier alpha value is -3.26. The summed E-state index contributed by atoms with van der Waals surface area (Å²) in [5, 5.41) is 11.0. The topological polar surface area (TPSA) is 99.8 Å². The number of halogens is 1. The van der Waals surface area contributed by atoms with Gasteiger partial charge in [-0.1, -0.05) is 6.07 Å². The van der Waals surface area contributed by atoms with E-state index in [9.17, 15) is 14.0 Å². The third-order valence-corrected chi connectivity index (χ3v) is 4.38. The van der Waals surface area contributed by atoms with Crippen LogP contribution in [0.25, 0.3) is 0 Å². The quantitative estimate of drug-likeness (QED) is 0.766. The molecule has 2 aromatic carbocycles. The highest BCUT2D eigenvalue weighted by Crippen LogP contribution is 2.25. The van der Waals surface area contributed by atoms with Crippen LogP contribution < -0.4 is 21.4 Å². The SMILES string of the molecule is CNC(=O)c1ccc(C)c(NC(=O)C2C=NN(c3ccc(F)cc3)C2N)c1. The Labute approximate surface area is 156 Å². The van der Waals surface area contributed by atoms with E-state index in [-0.39, 0.29) is 17.6 Å². The molecule has 2 aromatic rings. The van der Waals surface area contributed by atoms with Crippen LogP contribution in [0.5, 0.6) is 0 Å². The highest BCUT2D eigenvalue weighted by Gasteiger charge is 2.34. The van der Waals surface area contributed by atoms with Crippen molar-refractivity contribution in [2.24, 2.45) is 16.8 Å². The summed E-state index contributed by atoms with van der Waals surface area (Å²) in [5.41, 5.74) is 8.54. The van der Waals surface area contributed by atoms with Crippen molar-refractivity contribution in [3.8, 4) is 0 Å². The number of nitrogens with one attached hydrogen (secondary N) is 2. The largest absolute Gasteiger partial charge is 0.355 e. The molecule has 2 atom stereocenters. The first kappa shape index (κ1) is 18.5. The van der Waals surface area contributed by atoms with E-state index in [1.165, 1.54) is 23.4 Å². The molecule has 1 heterocycles. The first-order valence-electron chi connectivity index (χ1n) is 8.39. The molecule has 0 aromatic heterocycles. The van der Waals surface area contributed by atoms with Gasteiger partial charge in [0.05, 0.1) is 5.69 Å². The Kier molecular flexibility index (Phi) is 5.18. The predicted molar refractivity (Wildman–Crippen MR) is 102 cm³/mol. The summed E-state index contributed by atoms with van der Waals surface area (Å²) in [6, 6.07) is 10.8. The Morgan fingerprint density at radius 1 is 1.19 bits per heavy atom. The molecule has 2 unspecified atom stereocenters. The van der Waals surface area contributed by atoms with Crippen LogP contribution in [0.4, 0.5) is 15.8 Å². The molecule has 3 rings (SSSR count). The lowest BCUT2D eigenvalue weighted by Gasteiger charge is -2.23. The Bertz CT molecular complexity index is 897. The van der Waals surface area contributed by atoms with E-state index in [2.05, 4.69) is 15.7 Å². The monoisotopic (exact) mass is 369 g/mol. The van der Waals surface area contributed by atoms with Gasteiger partial charge in [-0.05, 0) is 48.9 Å². The number of nitrogens with two attached hydrogens (primary N) is 1. The van der Waals surface area contributed by atoms with Gasteiger partial charge in [0.25, 0.3) is 5.91 Å². The molecular weight excluding hydrogens is 349 g/mol. The molecule has 2 amide bonds. The zero-order valence-electron chi connectivity index (χ0n) is 14.9. The summed E-state index contributed by atoms with van der Waals surface area (Å²) in [7, 11) is 1.54. The number of amides is 2. The fraction of sp³-hybridized carbons (Fsp3) is 0.211. The van der Waals surface area contributed by atoms with Crippen molar-refractivity contribution in [3.05, 3.63) is 59.4 Å². The minimum Gasteiger partial charge on any atom is -0.355 e. The van der Waals surface area contributed by atoms with Crippen molar-refractivity contribution in [3.63, 3.8) is 0 Å². The van der Waals surface area contributed by atoms with Crippen LogP contribution in [0.1, 0.15) is 15.9 Å². The van der Waals surface area contributed by atoms with Gasteiger partial charge in [0, 0.05) is 24.5 Å². The van der Waals surface area contributed by atoms with E-state index >= 15 is 0 Å². The standard InChI is InChI=1S/C19H20FN5O2/c1-11-3-4-12(18(26)22-2)9-16(11)24-19(27)15-10-23-25(17(15)21)14-7-5-13(20)6-8-14/h3-10,15,17H,21H2,1-2H3,(H,22,26)(H,24,27). The maximum absolute atomic E-state index is 13.1. The summed E-state index contributed by atoms with van der Waals surface area (Å²) in [6.07, 6.45) is 0.735. The lowest BCUT2D eigenvalue weighted by atomic mass is 10.1. The molecule has 0 radical (unpaired) electrons. The fourth-order valence-electron chi connectivity index (χ4n) is 2.77. The van der Waals surface area contributed by atoms with Crippen LogP contribution in [0, 0.1) is 18.7 Å². The van der Waals surface area contributed by atoms with E-state index in [4.69, 9.17) is 5.73 Å². The molecule has 0 bridgehead atoms. The number of hydrogen-bond acceptors (Lipinski definition) is 5. The van der Waals surface area contributed by atoms with Gasteiger partial charge in [0.2, 0.25) is 5.91 Å². The normalized spacial score (nSPS) is 18.4. The van der Waals surface area contributed by atoms with Crippen LogP contribution in [0.2, 0.25) is 0 Å². The van der Waals surface area contributed by atoms with E-state index in [1.807, 2.05) is 6.92 Å². The molecule has 0 spiro atoms. The van der Waals surface area contributed by atoms with Gasteiger partial charge >= 0.3 is 0 Å². The molecule has 1 aliphatic heterocycles. The van der Waals surface area contributed by atoms with Crippen molar-refractivity contribution in [1.82, 2.24) is 5.32 Å². The van der Waals surface area contributed by atoms with Gasteiger partial charge in [-0.2, -0.15) is 5.10 Å². The summed E-state index contributed by atoms with van der Waals surface area (Å²) < 4.78 is 13.1. The molecule has 8 heteroatoms. The predicted octanol–water partition coefficient (Wildman–Crippen LogP) is 1.84. The minimum atomic E-state index is -0.724. The summed E-state index contributed by atoms with van der Waals surface area (Å²) in [4.78, 5) is 24.5. The number of anilines is 2. The maximum Gasteiger partial charge on any atom is 0.251 e. The minimum absolute atomic E-state index is 0.243. The van der Waals surface area contributed by atoms with Gasteiger partial charge < -0.3 is 16.4 Å². The molecule has 0 fully saturated rings. The van der Waals surface area contributed by atoms with Gasteiger partial charge in [0.15, 0.2) is 0 Å². The number of carbonyl (C=O) groups is 2. The second-order valence-electron chi connectivity index (χ2n) is 6.20. The Morgan fingerprint density at radius 2 is 1.89 bits per heavy atom. The first-order chi connectivity index (χ1) is 12.9. The smallest absolute Gasteiger partial charge is 0.251 e. The average Bonchev–Trinajstić information content (AvgIpc) is 3.05. The van der Waals surface area contributed by atoms with Crippen molar-refractivity contribution < 1.29 is 14.0 Å². The lowest BCUT2D eigenvalue weighted by molar-refractivity contribution is -0.118. The van der Waals surface area contributed by atoms with Crippen LogP contribution in [-0.4, -0.2) is 31.2 Å². The lowest BCUT2D eigenvalue weighted by Crippen LogP contribution is -2.45. The van der Waals surface area contributed by atoms with Gasteiger partial charge in [0.1, 0.15) is 17.9 Å². The number of nitrogens with zero attached hydrogens (tertiary/aromatic N) is 2. The third-order valence-electron chi connectivity index (χ3n) is 4.38. The second kappa shape index (κ2) is 7.55. The van der Waals surface area contributed by atoms with Crippen molar-refractivity contribution >= 4 is 29.4 Å². The molecule has 7 nitrogen and oxygen atoms in total. The zero-order chi connectivity index (χ0) is 19.6. The van der Waals surface area contributed by atoms with Crippen molar-refractivity contribution in [1.29, 1.82) is 0 Å². The maximum atomic E-state index is 13.1. The second-order valence-corrected chi connectivity index (χ2v) is 6.20. The molecular formula is C19H20FN5O2. The molecule has 0 saturated heterocycles. The van der Waals surface area contributed by atoms with E-state index in [0.29, 0.717) is 16.9 Å². The summed E-state index contributed by atoms with van der Waals surface area (Å²) in [5.74, 6) is -1.64. The van der Waals surface area contributed by atoms with Gasteiger partial charge in [-0.15, -0.1) is 0 Å². The number of benzene rings is 2. The fourth-order valence-corrected chi connectivity index (χ4v) is 2.77. The number of aryl methyl sites for hydroxylation is 1. The van der Waals surface area contributed by atoms with E-state index < -0.39 is 12.1 Å². The van der Waals surface area contributed by atoms with E-state index in [0.717, 1.165) is 5.56 Å². The summed E-state index contributed by atoms with van der Waals surface area (Å²) in [6.45, 7) is 1.83. The molecule has 0 aliphatic carbocycles. The highest BCUT2D eigenvalue weighted by atomic mass is 19.1. The third kappa shape index (κ3) is 3.80.